The summed E-state index contributed by atoms with van der Waals surface area (Å²) in [5.74, 6) is -0.521. The highest BCUT2D eigenvalue weighted by Crippen LogP contribution is 2.15. The molecule has 0 saturated heterocycles. The number of aromatic hydroxyl groups is 1. The predicted molar refractivity (Wildman–Crippen MR) is 52.2 cm³/mol. The van der Waals surface area contributed by atoms with Gasteiger partial charge in [0.1, 0.15) is 19.2 Å². The number of esters is 1. The maximum absolute atomic E-state index is 11.2. The topological polar surface area (TPSA) is 46.5 Å². The molecule has 0 aromatic heterocycles. The molecule has 0 aliphatic heterocycles. The maximum Gasteiger partial charge on any atom is 0.341 e. The first kappa shape index (κ1) is 9.64. The number of hydrogen-bond donors (Lipinski definition) is 1. The van der Waals surface area contributed by atoms with Gasteiger partial charge in [0.05, 0.1) is 6.61 Å². The van der Waals surface area contributed by atoms with Crippen LogP contribution >= 0.6 is 0 Å². The van der Waals surface area contributed by atoms with E-state index in [1.54, 1.807) is 19.1 Å². The molecule has 0 aliphatic carbocycles. The lowest BCUT2D eigenvalue weighted by Crippen LogP contribution is -2.10. The summed E-state index contributed by atoms with van der Waals surface area (Å²) in [7, 11) is 1.85. The van der Waals surface area contributed by atoms with Crippen molar-refractivity contribution in [1.29, 1.82) is 0 Å². The van der Waals surface area contributed by atoms with Gasteiger partial charge in [-0.1, -0.05) is 17.6 Å². The smallest absolute Gasteiger partial charge is 0.341 e. The Morgan fingerprint density at radius 1 is 1.62 bits per heavy atom. The van der Waals surface area contributed by atoms with Crippen LogP contribution in [0.4, 0.5) is 0 Å². The number of hydrogen-bond acceptors (Lipinski definition) is 3. The molecule has 0 amide bonds. The van der Waals surface area contributed by atoms with Crippen molar-refractivity contribution in [2.45, 2.75) is 6.92 Å². The van der Waals surface area contributed by atoms with Gasteiger partial charge in [-0.25, -0.2) is 4.79 Å². The van der Waals surface area contributed by atoms with E-state index in [1.165, 1.54) is 6.07 Å². The molecule has 68 valence electrons. The highest BCUT2D eigenvalue weighted by molar-refractivity contribution is 6.32. The van der Waals surface area contributed by atoms with E-state index < -0.39 is 5.97 Å². The monoisotopic (exact) mass is 178 g/mol. The zero-order valence-corrected chi connectivity index (χ0v) is 7.70. The first-order valence-corrected chi connectivity index (χ1v) is 4.12. The van der Waals surface area contributed by atoms with Crippen molar-refractivity contribution in [1.82, 2.24) is 0 Å². The van der Waals surface area contributed by atoms with E-state index in [1.807, 2.05) is 7.85 Å². The van der Waals surface area contributed by atoms with Crippen LogP contribution in [0.15, 0.2) is 18.2 Å². The average Bonchev–Trinajstić information content (AvgIpc) is 2.09. The van der Waals surface area contributed by atoms with Gasteiger partial charge < -0.3 is 9.84 Å². The van der Waals surface area contributed by atoms with Crippen LogP contribution in [0.3, 0.4) is 0 Å². The number of phenolic OH excluding ortho intramolecular Hbond substituents is 1. The summed E-state index contributed by atoms with van der Waals surface area (Å²) in [6.07, 6.45) is 0. The lowest BCUT2D eigenvalue weighted by molar-refractivity contribution is 0.0523. The third-order valence-electron chi connectivity index (χ3n) is 1.65. The summed E-state index contributed by atoms with van der Waals surface area (Å²) in [5, 5.41) is 9.33. The normalized spacial score (nSPS) is 9.62. The molecule has 0 bridgehead atoms. The highest BCUT2D eigenvalue weighted by Gasteiger charge is 2.11. The molecule has 13 heavy (non-hydrogen) atoms. The van der Waals surface area contributed by atoms with Gasteiger partial charge in [-0.3, -0.25) is 0 Å². The lowest BCUT2D eigenvalue weighted by atomic mass is 9.94. The minimum Gasteiger partial charge on any atom is -0.507 e. The summed E-state index contributed by atoms with van der Waals surface area (Å²) in [6.45, 7) is 2.04. The second-order valence-electron chi connectivity index (χ2n) is 2.74. The molecule has 1 N–H and O–H groups in total. The molecule has 0 fully saturated rings. The number of rotatable bonds is 2. The van der Waals surface area contributed by atoms with Gasteiger partial charge in [0.2, 0.25) is 0 Å². The second-order valence-corrected chi connectivity index (χ2v) is 2.74. The van der Waals surface area contributed by atoms with E-state index in [-0.39, 0.29) is 11.3 Å². The molecule has 3 nitrogen and oxygen atoms in total. The average molecular weight is 178 g/mol. The van der Waals surface area contributed by atoms with Gasteiger partial charge >= 0.3 is 5.97 Å². The summed E-state index contributed by atoms with van der Waals surface area (Å²) < 4.78 is 4.76. The lowest BCUT2D eigenvalue weighted by Gasteiger charge is -2.04. The fraction of sp³-hybridized carbons (Fsp3) is 0.222. The molecule has 0 heterocycles. The summed E-state index contributed by atoms with van der Waals surface area (Å²) in [6, 6.07) is 4.83. The summed E-state index contributed by atoms with van der Waals surface area (Å²) in [5.41, 5.74) is 1.14. The molecule has 1 aromatic rings. The number of carbonyl (C=O) groups excluding carboxylic acids is 1. The SMILES string of the molecule is Bc1ccc(O)c(C(=O)OCC)c1. The molecule has 1 rings (SSSR count). The minimum absolute atomic E-state index is 0.0379. The summed E-state index contributed by atoms with van der Waals surface area (Å²) in [4.78, 5) is 11.2. The largest absolute Gasteiger partial charge is 0.507 e. The standard InChI is InChI=1S/C9H11BO3/c1-2-13-9(12)7-5-6(10)3-4-8(7)11/h3-5,11H,2,10H2,1H3. The fourth-order valence-electron chi connectivity index (χ4n) is 1.02. The van der Waals surface area contributed by atoms with Crippen molar-refractivity contribution < 1.29 is 14.6 Å². The Morgan fingerprint density at radius 2 is 2.31 bits per heavy atom. The van der Waals surface area contributed by atoms with Crippen LogP contribution in [0.2, 0.25) is 0 Å². The van der Waals surface area contributed by atoms with Gasteiger partial charge in [0, 0.05) is 0 Å². The first-order chi connectivity index (χ1) is 6.15. The van der Waals surface area contributed by atoms with Crippen LogP contribution in [0, 0.1) is 0 Å². The van der Waals surface area contributed by atoms with E-state index in [4.69, 9.17) is 4.74 Å². The van der Waals surface area contributed by atoms with Gasteiger partial charge in [0.15, 0.2) is 0 Å². The summed E-state index contributed by atoms with van der Waals surface area (Å²) >= 11 is 0. The van der Waals surface area contributed by atoms with Crippen LogP contribution in [-0.2, 0) is 4.74 Å². The molecule has 1 aromatic carbocycles. The quantitative estimate of drug-likeness (QED) is 0.505. The maximum atomic E-state index is 11.2. The Hall–Kier alpha value is -1.45. The number of carbonyl (C=O) groups is 1. The van der Waals surface area contributed by atoms with Crippen molar-refractivity contribution in [2.75, 3.05) is 6.61 Å². The van der Waals surface area contributed by atoms with Crippen molar-refractivity contribution in [3.05, 3.63) is 23.8 Å². The predicted octanol–water partition coefficient (Wildman–Crippen LogP) is -0.173. The van der Waals surface area contributed by atoms with Crippen LogP contribution < -0.4 is 5.46 Å². The molecular weight excluding hydrogens is 167 g/mol. The number of phenols is 1. The molecule has 0 atom stereocenters. The molecule has 0 radical (unpaired) electrons. The van der Waals surface area contributed by atoms with E-state index in [2.05, 4.69) is 0 Å². The van der Waals surface area contributed by atoms with E-state index in [0.717, 1.165) is 5.46 Å². The third-order valence-corrected chi connectivity index (χ3v) is 1.65. The Balaban J connectivity index is 2.99. The first-order valence-electron chi connectivity index (χ1n) is 4.12. The van der Waals surface area contributed by atoms with Crippen molar-refractivity contribution in [3.63, 3.8) is 0 Å². The highest BCUT2D eigenvalue weighted by atomic mass is 16.5. The van der Waals surface area contributed by atoms with Crippen LogP contribution in [0.5, 0.6) is 5.75 Å². The third kappa shape index (κ3) is 2.24. The van der Waals surface area contributed by atoms with E-state index in [9.17, 15) is 9.90 Å². The molecule has 0 saturated carbocycles. The number of ether oxygens (including phenoxy) is 1. The molecule has 0 aliphatic rings. The van der Waals surface area contributed by atoms with Gasteiger partial charge in [-0.05, 0) is 13.0 Å². The Kier molecular flexibility index (Phi) is 2.95. The van der Waals surface area contributed by atoms with Crippen LogP contribution in [0.1, 0.15) is 17.3 Å². The van der Waals surface area contributed by atoms with E-state index in [0.29, 0.717) is 6.61 Å². The second kappa shape index (κ2) is 3.98. The van der Waals surface area contributed by atoms with Crippen molar-refractivity contribution in [3.8, 4) is 5.75 Å². The Morgan fingerprint density at radius 3 is 2.92 bits per heavy atom. The zero-order chi connectivity index (χ0) is 9.84. The van der Waals surface area contributed by atoms with E-state index >= 15 is 0 Å². The number of benzene rings is 1. The van der Waals surface area contributed by atoms with Crippen molar-refractivity contribution >= 4 is 19.3 Å². The zero-order valence-electron chi connectivity index (χ0n) is 7.70. The van der Waals surface area contributed by atoms with Crippen LogP contribution in [-0.4, -0.2) is 25.5 Å². The van der Waals surface area contributed by atoms with Gasteiger partial charge in [0.25, 0.3) is 0 Å². The van der Waals surface area contributed by atoms with Gasteiger partial charge in [-0.2, -0.15) is 0 Å². The minimum atomic E-state index is -0.483. The Bertz CT molecular complexity index is 323. The molecule has 0 unspecified atom stereocenters. The van der Waals surface area contributed by atoms with Crippen molar-refractivity contribution in [2.24, 2.45) is 0 Å². The Labute approximate surface area is 77.7 Å². The molecule has 4 heteroatoms. The molecule has 0 spiro atoms. The van der Waals surface area contributed by atoms with Crippen LogP contribution in [0.25, 0.3) is 0 Å². The molecular formula is C9H11BO3. The fourth-order valence-corrected chi connectivity index (χ4v) is 1.02. The van der Waals surface area contributed by atoms with Gasteiger partial charge in [-0.15, -0.1) is 0 Å².